The van der Waals surface area contributed by atoms with E-state index >= 15 is 0 Å². The summed E-state index contributed by atoms with van der Waals surface area (Å²) < 4.78 is 5.35. The smallest absolute Gasteiger partial charge is 0.222 e. The molecule has 16 heavy (non-hydrogen) atoms. The number of rotatable bonds is 8. The monoisotopic (exact) mass is 231 g/mol. The Morgan fingerprint density at radius 2 is 1.81 bits per heavy atom. The quantitative estimate of drug-likeness (QED) is 0.652. The summed E-state index contributed by atoms with van der Waals surface area (Å²) in [5.41, 5.74) is 0. The molecule has 3 nitrogen and oxygen atoms in total. The van der Waals surface area contributed by atoms with Gasteiger partial charge >= 0.3 is 0 Å². The van der Waals surface area contributed by atoms with Gasteiger partial charge in [0.25, 0.3) is 0 Å². The lowest BCUT2D eigenvalue weighted by Crippen LogP contribution is -2.30. The predicted octanol–water partition coefficient (Wildman–Crippen LogP) is 2.99. The normalized spacial score (nSPS) is 9.62. The SMILES string of the molecule is CC.CCCCCOCCNC(=O)C(C)C. The summed E-state index contributed by atoms with van der Waals surface area (Å²) >= 11 is 0. The first-order valence-corrected chi connectivity index (χ1v) is 6.54. The molecule has 0 aliphatic carbocycles. The van der Waals surface area contributed by atoms with Gasteiger partial charge in [0.1, 0.15) is 0 Å². The van der Waals surface area contributed by atoms with Crippen LogP contribution >= 0.6 is 0 Å². The van der Waals surface area contributed by atoms with Gasteiger partial charge < -0.3 is 10.1 Å². The van der Waals surface area contributed by atoms with Gasteiger partial charge in [-0.25, -0.2) is 0 Å². The van der Waals surface area contributed by atoms with Gasteiger partial charge in [-0.1, -0.05) is 47.5 Å². The van der Waals surface area contributed by atoms with Crippen molar-refractivity contribution in [2.24, 2.45) is 5.92 Å². The molecule has 0 atom stereocenters. The summed E-state index contributed by atoms with van der Waals surface area (Å²) in [6, 6.07) is 0. The van der Waals surface area contributed by atoms with Crippen LogP contribution in [0.4, 0.5) is 0 Å². The maximum absolute atomic E-state index is 11.1. The third-order valence-corrected chi connectivity index (χ3v) is 1.96. The third-order valence-electron chi connectivity index (χ3n) is 1.96. The average molecular weight is 231 g/mol. The molecule has 0 aromatic heterocycles. The van der Waals surface area contributed by atoms with Gasteiger partial charge in [-0.15, -0.1) is 0 Å². The lowest BCUT2D eigenvalue weighted by atomic mass is 10.2. The minimum absolute atomic E-state index is 0.0649. The number of nitrogens with one attached hydrogen (secondary N) is 1. The Kier molecular flexibility index (Phi) is 16.1. The number of carbonyl (C=O) groups is 1. The fourth-order valence-corrected chi connectivity index (χ4v) is 1.01. The number of ether oxygens (including phenoxy) is 1. The third kappa shape index (κ3) is 13.4. The molecular formula is C13H29NO2. The van der Waals surface area contributed by atoms with E-state index in [-0.39, 0.29) is 11.8 Å². The Labute approximate surface area is 101 Å². The first-order chi connectivity index (χ1) is 7.68. The van der Waals surface area contributed by atoms with E-state index < -0.39 is 0 Å². The van der Waals surface area contributed by atoms with Crippen molar-refractivity contribution in [1.29, 1.82) is 0 Å². The summed E-state index contributed by atoms with van der Waals surface area (Å²) in [7, 11) is 0. The van der Waals surface area contributed by atoms with E-state index in [1.165, 1.54) is 12.8 Å². The molecule has 0 fully saturated rings. The highest BCUT2D eigenvalue weighted by Crippen LogP contribution is 1.93. The van der Waals surface area contributed by atoms with Crippen LogP contribution < -0.4 is 5.32 Å². The van der Waals surface area contributed by atoms with E-state index in [1.54, 1.807) is 0 Å². The summed E-state index contributed by atoms with van der Waals surface area (Å²) in [6.45, 7) is 12.0. The molecule has 0 bridgehead atoms. The lowest BCUT2D eigenvalue weighted by molar-refractivity contribution is -0.124. The van der Waals surface area contributed by atoms with Crippen LogP contribution in [0.2, 0.25) is 0 Å². The highest BCUT2D eigenvalue weighted by Gasteiger charge is 2.04. The van der Waals surface area contributed by atoms with Gasteiger partial charge in [-0.05, 0) is 6.42 Å². The van der Waals surface area contributed by atoms with Gasteiger partial charge in [0.05, 0.1) is 6.61 Å². The van der Waals surface area contributed by atoms with Crippen molar-refractivity contribution in [3.8, 4) is 0 Å². The topological polar surface area (TPSA) is 38.3 Å². The van der Waals surface area contributed by atoms with E-state index in [0.29, 0.717) is 13.2 Å². The zero-order chi connectivity index (χ0) is 12.8. The van der Waals surface area contributed by atoms with Crippen molar-refractivity contribution in [3.05, 3.63) is 0 Å². The minimum atomic E-state index is 0.0649. The molecule has 0 heterocycles. The van der Waals surface area contributed by atoms with Gasteiger partial charge in [-0.3, -0.25) is 4.79 Å². The highest BCUT2D eigenvalue weighted by molar-refractivity contribution is 5.77. The number of hydrogen-bond donors (Lipinski definition) is 1. The van der Waals surface area contributed by atoms with Crippen LogP contribution in [0.1, 0.15) is 53.9 Å². The van der Waals surface area contributed by atoms with E-state index in [2.05, 4.69) is 12.2 Å². The zero-order valence-corrected chi connectivity index (χ0v) is 11.6. The Bertz CT molecular complexity index is 147. The summed E-state index contributed by atoms with van der Waals surface area (Å²) in [5, 5.41) is 2.81. The zero-order valence-electron chi connectivity index (χ0n) is 11.6. The number of carbonyl (C=O) groups excluding carboxylic acids is 1. The Morgan fingerprint density at radius 1 is 1.19 bits per heavy atom. The van der Waals surface area contributed by atoms with Crippen LogP contribution in [0.15, 0.2) is 0 Å². The lowest BCUT2D eigenvalue weighted by Gasteiger charge is -2.07. The Balaban J connectivity index is 0. The molecule has 1 N–H and O–H groups in total. The molecule has 0 saturated carbocycles. The second kappa shape index (κ2) is 14.4. The number of hydrogen-bond acceptors (Lipinski definition) is 2. The van der Waals surface area contributed by atoms with Crippen molar-refractivity contribution in [3.63, 3.8) is 0 Å². The first kappa shape index (κ1) is 17.8. The van der Waals surface area contributed by atoms with Crippen molar-refractivity contribution in [2.45, 2.75) is 53.9 Å². The molecule has 0 aliphatic rings. The average Bonchev–Trinajstić information content (AvgIpc) is 2.30. The van der Waals surface area contributed by atoms with Crippen LogP contribution in [-0.4, -0.2) is 25.7 Å². The summed E-state index contributed by atoms with van der Waals surface area (Å²) in [6.07, 6.45) is 3.56. The molecule has 0 saturated heterocycles. The fraction of sp³-hybridized carbons (Fsp3) is 0.923. The molecule has 0 aliphatic heterocycles. The first-order valence-electron chi connectivity index (χ1n) is 6.54. The van der Waals surface area contributed by atoms with Crippen LogP contribution in [0.5, 0.6) is 0 Å². The van der Waals surface area contributed by atoms with Crippen LogP contribution in [0, 0.1) is 5.92 Å². The van der Waals surface area contributed by atoms with Gasteiger partial charge in [0.2, 0.25) is 5.91 Å². The molecule has 1 amide bonds. The number of amides is 1. The van der Waals surface area contributed by atoms with Crippen LogP contribution in [-0.2, 0) is 9.53 Å². The van der Waals surface area contributed by atoms with E-state index in [0.717, 1.165) is 13.0 Å². The van der Waals surface area contributed by atoms with Crippen molar-refractivity contribution >= 4 is 5.91 Å². The Morgan fingerprint density at radius 3 is 2.31 bits per heavy atom. The second-order valence-corrected chi connectivity index (χ2v) is 3.77. The largest absolute Gasteiger partial charge is 0.380 e. The molecule has 0 rings (SSSR count). The molecule has 3 heteroatoms. The van der Waals surface area contributed by atoms with Gasteiger partial charge in [0.15, 0.2) is 0 Å². The van der Waals surface area contributed by atoms with Crippen molar-refractivity contribution < 1.29 is 9.53 Å². The molecule has 0 unspecified atom stereocenters. The summed E-state index contributed by atoms with van der Waals surface area (Å²) in [5.74, 6) is 0.164. The van der Waals surface area contributed by atoms with Crippen LogP contribution in [0.3, 0.4) is 0 Å². The molecule has 0 aromatic rings. The van der Waals surface area contributed by atoms with Crippen molar-refractivity contribution in [1.82, 2.24) is 5.32 Å². The van der Waals surface area contributed by atoms with E-state index in [1.807, 2.05) is 27.7 Å². The highest BCUT2D eigenvalue weighted by atomic mass is 16.5. The van der Waals surface area contributed by atoms with Crippen molar-refractivity contribution in [2.75, 3.05) is 19.8 Å². The molecule has 0 aromatic carbocycles. The standard InChI is InChI=1S/C11H23NO2.C2H6/c1-4-5-6-8-14-9-7-12-11(13)10(2)3;1-2/h10H,4-9H2,1-3H3,(H,12,13);1-2H3. The molecule has 0 radical (unpaired) electrons. The van der Waals surface area contributed by atoms with Gasteiger partial charge in [-0.2, -0.15) is 0 Å². The fourth-order valence-electron chi connectivity index (χ4n) is 1.01. The molecule has 0 spiro atoms. The number of unbranched alkanes of at least 4 members (excludes halogenated alkanes) is 2. The second-order valence-electron chi connectivity index (χ2n) is 3.77. The maximum atomic E-state index is 11.1. The predicted molar refractivity (Wildman–Crippen MR) is 69.5 cm³/mol. The molecular weight excluding hydrogens is 202 g/mol. The minimum Gasteiger partial charge on any atom is -0.380 e. The molecule has 98 valence electrons. The summed E-state index contributed by atoms with van der Waals surface area (Å²) in [4.78, 5) is 11.1. The van der Waals surface area contributed by atoms with E-state index in [9.17, 15) is 4.79 Å². The maximum Gasteiger partial charge on any atom is 0.222 e. The van der Waals surface area contributed by atoms with Gasteiger partial charge in [0, 0.05) is 19.1 Å². The van der Waals surface area contributed by atoms with E-state index in [4.69, 9.17) is 4.74 Å². The van der Waals surface area contributed by atoms with Crippen LogP contribution in [0.25, 0.3) is 0 Å². The Hall–Kier alpha value is -0.570.